The molecule has 0 spiro atoms. The quantitative estimate of drug-likeness (QED) is 0.329. The molecule has 2 N–H and O–H groups in total. The van der Waals surface area contributed by atoms with Crippen LogP contribution < -0.4 is 10.6 Å². The second-order valence-corrected chi connectivity index (χ2v) is 7.04. The van der Waals surface area contributed by atoms with Crippen molar-refractivity contribution in [1.29, 1.82) is 0 Å². The molecule has 5 nitrogen and oxygen atoms in total. The maximum Gasteiger partial charge on any atom is 0.191 e. The summed E-state index contributed by atoms with van der Waals surface area (Å²) in [7, 11) is 1.78. The molecule has 5 heteroatoms. The van der Waals surface area contributed by atoms with Gasteiger partial charge >= 0.3 is 0 Å². The first-order chi connectivity index (χ1) is 11.1. The van der Waals surface area contributed by atoms with E-state index in [4.69, 9.17) is 14.5 Å². The van der Waals surface area contributed by atoms with Crippen molar-refractivity contribution in [2.24, 2.45) is 16.3 Å². The van der Waals surface area contributed by atoms with Gasteiger partial charge in [0.15, 0.2) is 5.96 Å². The molecule has 0 heterocycles. The van der Waals surface area contributed by atoms with Crippen LogP contribution in [-0.2, 0) is 9.47 Å². The highest BCUT2D eigenvalue weighted by molar-refractivity contribution is 5.79. The van der Waals surface area contributed by atoms with E-state index in [1.54, 1.807) is 7.11 Å². The normalized spacial score (nSPS) is 17.2. The number of aliphatic imine (C=N–C) groups is 1. The van der Waals surface area contributed by atoms with Crippen molar-refractivity contribution < 1.29 is 9.47 Å². The highest BCUT2D eigenvalue weighted by Crippen LogP contribution is 2.44. The minimum absolute atomic E-state index is 0.374. The lowest BCUT2D eigenvalue weighted by Crippen LogP contribution is -2.40. The van der Waals surface area contributed by atoms with Crippen LogP contribution in [0.3, 0.4) is 0 Å². The molecule has 0 unspecified atom stereocenters. The smallest absolute Gasteiger partial charge is 0.191 e. The highest BCUT2D eigenvalue weighted by Gasteiger charge is 2.36. The van der Waals surface area contributed by atoms with Crippen LogP contribution >= 0.6 is 0 Å². The van der Waals surface area contributed by atoms with Gasteiger partial charge < -0.3 is 20.1 Å². The van der Waals surface area contributed by atoms with E-state index in [9.17, 15) is 0 Å². The largest absolute Gasteiger partial charge is 0.385 e. The predicted molar refractivity (Wildman–Crippen MR) is 97.0 cm³/mol. The molecule has 0 atom stereocenters. The SMILES string of the molecule is CCNC(=NCC1(CCOC)CCC1)NCCCOCC(C)C. The van der Waals surface area contributed by atoms with E-state index >= 15 is 0 Å². The fraction of sp³-hybridized carbons (Fsp3) is 0.944. The average Bonchev–Trinajstić information content (AvgIpc) is 2.48. The molecule has 0 aromatic carbocycles. The molecule has 1 aliphatic carbocycles. The Bertz CT molecular complexity index is 328. The first-order valence-corrected chi connectivity index (χ1v) is 9.21. The summed E-state index contributed by atoms with van der Waals surface area (Å²) in [4.78, 5) is 4.80. The minimum Gasteiger partial charge on any atom is -0.385 e. The second kappa shape index (κ2) is 11.7. The summed E-state index contributed by atoms with van der Waals surface area (Å²) in [6.45, 7) is 11.6. The third kappa shape index (κ3) is 8.56. The van der Waals surface area contributed by atoms with E-state index in [1.165, 1.54) is 19.3 Å². The van der Waals surface area contributed by atoms with Crippen LogP contribution in [0.2, 0.25) is 0 Å². The van der Waals surface area contributed by atoms with E-state index < -0.39 is 0 Å². The number of hydrogen-bond acceptors (Lipinski definition) is 3. The zero-order valence-electron chi connectivity index (χ0n) is 15.6. The molecule has 1 aliphatic rings. The van der Waals surface area contributed by atoms with E-state index in [0.29, 0.717) is 11.3 Å². The Hall–Kier alpha value is -0.810. The number of hydrogen-bond donors (Lipinski definition) is 2. The fourth-order valence-electron chi connectivity index (χ4n) is 2.77. The summed E-state index contributed by atoms with van der Waals surface area (Å²) < 4.78 is 10.9. The van der Waals surface area contributed by atoms with Gasteiger partial charge in [-0.2, -0.15) is 0 Å². The van der Waals surface area contributed by atoms with Crippen molar-refractivity contribution in [2.45, 2.75) is 52.9 Å². The monoisotopic (exact) mass is 327 g/mol. The van der Waals surface area contributed by atoms with E-state index in [-0.39, 0.29) is 0 Å². The van der Waals surface area contributed by atoms with Gasteiger partial charge in [-0.25, -0.2) is 0 Å². The van der Waals surface area contributed by atoms with Crippen LogP contribution in [0, 0.1) is 11.3 Å². The number of ether oxygens (including phenoxy) is 2. The molecule has 136 valence electrons. The third-order valence-corrected chi connectivity index (χ3v) is 4.38. The molecule has 0 bridgehead atoms. The van der Waals surface area contributed by atoms with Crippen molar-refractivity contribution >= 4 is 5.96 Å². The molecule has 0 aromatic rings. The Kier molecular flexibility index (Phi) is 10.3. The molecule has 1 fully saturated rings. The minimum atomic E-state index is 0.374. The molecule has 0 aliphatic heterocycles. The molecule has 0 aromatic heterocycles. The van der Waals surface area contributed by atoms with Crippen LogP contribution in [0.4, 0.5) is 0 Å². The lowest BCUT2D eigenvalue weighted by molar-refractivity contribution is 0.0778. The zero-order valence-corrected chi connectivity index (χ0v) is 15.6. The Morgan fingerprint density at radius 3 is 2.57 bits per heavy atom. The molecular weight excluding hydrogens is 290 g/mol. The molecule has 1 rings (SSSR count). The summed E-state index contributed by atoms with van der Waals surface area (Å²) in [5.74, 6) is 1.53. The van der Waals surface area contributed by atoms with Crippen molar-refractivity contribution in [2.75, 3.05) is 46.6 Å². The molecule has 1 saturated carbocycles. The van der Waals surface area contributed by atoms with E-state index in [2.05, 4.69) is 31.4 Å². The summed E-state index contributed by atoms with van der Waals surface area (Å²) in [6, 6.07) is 0. The van der Waals surface area contributed by atoms with Gasteiger partial charge in [0.1, 0.15) is 0 Å². The average molecular weight is 328 g/mol. The van der Waals surface area contributed by atoms with Gasteiger partial charge in [-0.1, -0.05) is 20.3 Å². The Balaban J connectivity index is 2.29. The summed E-state index contributed by atoms with van der Waals surface area (Å²) in [6.07, 6.45) is 6.02. The zero-order chi connectivity index (χ0) is 17.0. The number of guanidine groups is 1. The maximum atomic E-state index is 5.61. The molecule has 0 amide bonds. The van der Waals surface area contributed by atoms with Gasteiger partial charge in [-0.05, 0) is 43.9 Å². The van der Waals surface area contributed by atoms with Crippen LogP contribution in [0.5, 0.6) is 0 Å². The van der Waals surface area contributed by atoms with Crippen LogP contribution in [0.15, 0.2) is 4.99 Å². The molecular formula is C18H37N3O2. The van der Waals surface area contributed by atoms with E-state index in [1.807, 2.05) is 0 Å². The maximum absolute atomic E-state index is 5.61. The molecule has 0 saturated heterocycles. The van der Waals surface area contributed by atoms with Gasteiger partial charge in [-0.3, -0.25) is 4.99 Å². The summed E-state index contributed by atoms with van der Waals surface area (Å²) in [5.41, 5.74) is 0.374. The fourth-order valence-corrected chi connectivity index (χ4v) is 2.77. The number of rotatable bonds is 12. The van der Waals surface area contributed by atoms with Crippen molar-refractivity contribution in [3.8, 4) is 0 Å². The van der Waals surface area contributed by atoms with Gasteiger partial charge in [0.25, 0.3) is 0 Å². The van der Waals surface area contributed by atoms with E-state index in [0.717, 1.165) is 58.3 Å². The predicted octanol–water partition coefficient (Wildman–Crippen LogP) is 2.81. The Morgan fingerprint density at radius 1 is 1.22 bits per heavy atom. The van der Waals surface area contributed by atoms with Crippen LogP contribution in [0.25, 0.3) is 0 Å². The first kappa shape index (κ1) is 20.2. The number of methoxy groups -OCH3 is 1. The Labute approximate surface area is 142 Å². The topological polar surface area (TPSA) is 54.9 Å². The van der Waals surface area contributed by atoms with Crippen molar-refractivity contribution in [3.63, 3.8) is 0 Å². The Morgan fingerprint density at radius 2 is 2.00 bits per heavy atom. The highest BCUT2D eigenvalue weighted by atomic mass is 16.5. The second-order valence-electron chi connectivity index (χ2n) is 7.04. The van der Waals surface area contributed by atoms with Crippen molar-refractivity contribution in [1.82, 2.24) is 10.6 Å². The van der Waals surface area contributed by atoms with Gasteiger partial charge in [0.2, 0.25) is 0 Å². The first-order valence-electron chi connectivity index (χ1n) is 9.21. The molecule has 0 radical (unpaired) electrons. The third-order valence-electron chi connectivity index (χ3n) is 4.38. The summed E-state index contributed by atoms with van der Waals surface area (Å²) in [5, 5.41) is 6.75. The van der Waals surface area contributed by atoms with Crippen molar-refractivity contribution in [3.05, 3.63) is 0 Å². The number of nitrogens with zero attached hydrogens (tertiary/aromatic N) is 1. The van der Waals surface area contributed by atoms with Crippen LogP contribution in [0.1, 0.15) is 52.9 Å². The molecule has 23 heavy (non-hydrogen) atoms. The standard InChI is InChI=1S/C18H37N3O2/c1-5-19-17(20-11-7-12-23-14-16(2)3)21-15-18(8-6-9-18)10-13-22-4/h16H,5-15H2,1-4H3,(H2,19,20,21). The lowest BCUT2D eigenvalue weighted by atomic mass is 9.67. The van der Waals surface area contributed by atoms with Crippen LogP contribution in [-0.4, -0.2) is 52.5 Å². The summed E-state index contributed by atoms with van der Waals surface area (Å²) >= 11 is 0. The van der Waals surface area contributed by atoms with Gasteiger partial charge in [0.05, 0.1) is 0 Å². The number of nitrogens with one attached hydrogen (secondary N) is 2. The van der Waals surface area contributed by atoms with Gasteiger partial charge in [0, 0.05) is 46.6 Å². The van der Waals surface area contributed by atoms with Gasteiger partial charge in [-0.15, -0.1) is 0 Å². The lowest BCUT2D eigenvalue weighted by Gasteiger charge is -2.40.